The summed E-state index contributed by atoms with van der Waals surface area (Å²) in [6, 6.07) is 7.24. The highest BCUT2D eigenvalue weighted by atomic mass is 14.9. The Kier molecular flexibility index (Phi) is 2.87. The summed E-state index contributed by atoms with van der Waals surface area (Å²) in [5, 5.41) is 3.60. The molecule has 1 fully saturated rings. The van der Waals surface area contributed by atoms with Crippen LogP contribution in [0.5, 0.6) is 0 Å². The molecule has 1 atom stereocenters. The summed E-state index contributed by atoms with van der Waals surface area (Å²) in [6.45, 7) is 5.61. The molecule has 1 nitrogen and oxygen atoms in total. The van der Waals surface area contributed by atoms with Gasteiger partial charge in [-0.1, -0.05) is 24.6 Å². The summed E-state index contributed by atoms with van der Waals surface area (Å²) < 4.78 is 0. The van der Waals surface area contributed by atoms with Crippen molar-refractivity contribution in [2.45, 2.75) is 39.2 Å². The van der Waals surface area contributed by atoms with E-state index in [0.29, 0.717) is 6.04 Å². The molecule has 1 aliphatic heterocycles. The fourth-order valence-corrected chi connectivity index (χ4v) is 2.27. The number of piperidine rings is 1. The average Bonchev–Trinajstić information content (AvgIpc) is 2.23. The van der Waals surface area contributed by atoms with Crippen LogP contribution in [-0.4, -0.2) is 6.54 Å². The first kappa shape index (κ1) is 9.72. The first-order valence-corrected chi connectivity index (χ1v) is 5.58. The summed E-state index contributed by atoms with van der Waals surface area (Å²) >= 11 is 0. The molecule has 1 heteroatoms. The van der Waals surface area contributed by atoms with Crippen LogP contribution < -0.4 is 5.32 Å². The average molecular weight is 189 g/mol. The summed E-state index contributed by atoms with van der Waals surface area (Å²) in [7, 11) is 0. The standard InChI is InChI=1S/C13H19N/c1-10-6-5-7-12(11(10)2)13-8-3-4-9-14-13/h5-7,13-14H,3-4,8-9H2,1-2H3/t13-/m0/s1. The Morgan fingerprint density at radius 3 is 2.79 bits per heavy atom. The van der Waals surface area contributed by atoms with Gasteiger partial charge in [0.05, 0.1) is 0 Å². The Morgan fingerprint density at radius 1 is 1.21 bits per heavy atom. The van der Waals surface area contributed by atoms with Crippen LogP contribution in [0.15, 0.2) is 18.2 Å². The minimum Gasteiger partial charge on any atom is -0.310 e. The van der Waals surface area contributed by atoms with Crippen LogP contribution in [0.1, 0.15) is 42.0 Å². The van der Waals surface area contributed by atoms with Crippen LogP contribution in [0.4, 0.5) is 0 Å². The molecule has 0 aromatic heterocycles. The molecule has 0 aliphatic carbocycles. The molecule has 1 aromatic carbocycles. The molecule has 2 rings (SSSR count). The highest BCUT2D eigenvalue weighted by Gasteiger charge is 2.16. The largest absolute Gasteiger partial charge is 0.310 e. The van der Waals surface area contributed by atoms with E-state index < -0.39 is 0 Å². The second kappa shape index (κ2) is 4.14. The minimum atomic E-state index is 0.601. The summed E-state index contributed by atoms with van der Waals surface area (Å²) in [5.41, 5.74) is 4.38. The summed E-state index contributed by atoms with van der Waals surface area (Å²) in [5.74, 6) is 0. The summed E-state index contributed by atoms with van der Waals surface area (Å²) in [6.07, 6.45) is 4.00. The van der Waals surface area contributed by atoms with E-state index in [2.05, 4.69) is 37.4 Å². The monoisotopic (exact) mass is 189 g/mol. The van der Waals surface area contributed by atoms with E-state index in [1.54, 1.807) is 0 Å². The molecule has 0 amide bonds. The number of benzene rings is 1. The van der Waals surface area contributed by atoms with Crippen molar-refractivity contribution >= 4 is 0 Å². The Morgan fingerprint density at radius 2 is 2.07 bits per heavy atom. The number of aryl methyl sites for hydroxylation is 1. The van der Waals surface area contributed by atoms with Gasteiger partial charge in [0.15, 0.2) is 0 Å². The van der Waals surface area contributed by atoms with Crippen LogP contribution in [0.2, 0.25) is 0 Å². The zero-order valence-corrected chi connectivity index (χ0v) is 9.14. The maximum absolute atomic E-state index is 3.60. The first-order valence-electron chi connectivity index (χ1n) is 5.58. The van der Waals surface area contributed by atoms with Crippen molar-refractivity contribution in [2.75, 3.05) is 6.54 Å². The highest BCUT2D eigenvalue weighted by molar-refractivity contribution is 5.35. The van der Waals surface area contributed by atoms with E-state index >= 15 is 0 Å². The zero-order valence-electron chi connectivity index (χ0n) is 9.14. The Hall–Kier alpha value is -0.820. The van der Waals surface area contributed by atoms with Crippen LogP contribution in [-0.2, 0) is 0 Å². The van der Waals surface area contributed by atoms with Crippen molar-refractivity contribution in [1.82, 2.24) is 5.32 Å². The maximum atomic E-state index is 3.60. The predicted molar refractivity (Wildman–Crippen MR) is 60.5 cm³/mol. The maximum Gasteiger partial charge on any atom is 0.0322 e. The molecule has 0 saturated carbocycles. The van der Waals surface area contributed by atoms with Gasteiger partial charge in [0.2, 0.25) is 0 Å². The van der Waals surface area contributed by atoms with Gasteiger partial charge >= 0.3 is 0 Å². The second-order valence-corrected chi connectivity index (χ2v) is 4.29. The summed E-state index contributed by atoms with van der Waals surface area (Å²) in [4.78, 5) is 0. The fraction of sp³-hybridized carbons (Fsp3) is 0.538. The number of nitrogens with one attached hydrogen (secondary N) is 1. The van der Waals surface area contributed by atoms with E-state index in [9.17, 15) is 0 Å². The second-order valence-electron chi connectivity index (χ2n) is 4.29. The van der Waals surface area contributed by atoms with Crippen molar-refractivity contribution in [2.24, 2.45) is 0 Å². The van der Waals surface area contributed by atoms with Crippen molar-refractivity contribution in [3.05, 3.63) is 34.9 Å². The fourth-order valence-electron chi connectivity index (χ4n) is 2.27. The van der Waals surface area contributed by atoms with Crippen molar-refractivity contribution in [3.63, 3.8) is 0 Å². The lowest BCUT2D eigenvalue weighted by molar-refractivity contribution is 0.411. The third-order valence-corrected chi connectivity index (χ3v) is 3.33. The van der Waals surface area contributed by atoms with Crippen LogP contribution >= 0.6 is 0 Å². The first-order chi connectivity index (χ1) is 6.79. The number of rotatable bonds is 1. The predicted octanol–water partition coefficient (Wildman–Crippen LogP) is 3.12. The van der Waals surface area contributed by atoms with E-state index in [4.69, 9.17) is 0 Å². The molecule has 14 heavy (non-hydrogen) atoms. The Balaban J connectivity index is 2.26. The normalized spacial score (nSPS) is 22.3. The molecule has 1 heterocycles. The lowest BCUT2D eigenvalue weighted by Gasteiger charge is -2.25. The van der Waals surface area contributed by atoms with Gasteiger partial charge in [-0.2, -0.15) is 0 Å². The van der Waals surface area contributed by atoms with E-state index in [0.717, 1.165) is 0 Å². The smallest absolute Gasteiger partial charge is 0.0322 e. The van der Waals surface area contributed by atoms with Gasteiger partial charge in [0.1, 0.15) is 0 Å². The van der Waals surface area contributed by atoms with Gasteiger partial charge in [-0.25, -0.2) is 0 Å². The molecular weight excluding hydrogens is 170 g/mol. The molecule has 1 N–H and O–H groups in total. The van der Waals surface area contributed by atoms with Crippen LogP contribution in [0.3, 0.4) is 0 Å². The Bertz CT molecular complexity index is 311. The third kappa shape index (κ3) is 1.83. The van der Waals surface area contributed by atoms with Gasteiger partial charge < -0.3 is 5.32 Å². The van der Waals surface area contributed by atoms with E-state index in [1.807, 2.05) is 0 Å². The Labute approximate surface area is 86.5 Å². The van der Waals surface area contributed by atoms with Gasteiger partial charge in [-0.05, 0) is 49.9 Å². The van der Waals surface area contributed by atoms with Crippen molar-refractivity contribution in [1.29, 1.82) is 0 Å². The topological polar surface area (TPSA) is 12.0 Å². The third-order valence-electron chi connectivity index (χ3n) is 3.33. The van der Waals surface area contributed by atoms with Crippen molar-refractivity contribution < 1.29 is 0 Å². The quantitative estimate of drug-likeness (QED) is 0.715. The highest BCUT2D eigenvalue weighted by Crippen LogP contribution is 2.26. The zero-order chi connectivity index (χ0) is 9.97. The molecule has 1 saturated heterocycles. The van der Waals surface area contributed by atoms with E-state index in [1.165, 1.54) is 42.5 Å². The van der Waals surface area contributed by atoms with Crippen LogP contribution in [0, 0.1) is 13.8 Å². The molecule has 1 aromatic rings. The van der Waals surface area contributed by atoms with Gasteiger partial charge in [0, 0.05) is 6.04 Å². The molecule has 0 radical (unpaired) electrons. The minimum absolute atomic E-state index is 0.601. The van der Waals surface area contributed by atoms with Gasteiger partial charge in [-0.3, -0.25) is 0 Å². The van der Waals surface area contributed by atoms with Gasteiger partial charge in [0.25, 0.3) is 0 Å². The SMILES string of the molecule is Cc1cccc([C@@H]2CCCCN2)c1C. The lowest BCUT2D eigenvalue weighted by Crippen LogP contribution is -2.27. The molecule has 1 aliphatic rings. The molecule has 76 valence electrons. The van der Waals surface area contributed by atoms with Crippen molar-refractivity contribution in [3.8, 4) is 0 Å². The molecule has 0 bridgehead atoms. The van der Waals surface area contributed by atoms with Crippen LogP contribution in [0.25, 0.3) is 0 Å². The van der Waals surface area contributed by atoms with Gasteiger partial charge in [-0.15, -0.1) is 0 Å². The molecular formula is C13H19N. The molecule has 0 spiro atoms. The number of hydrogen-bond acceptors (Lipinski definition) is 1. The number of hydrogen-bond donors (Lipinski definition) is 1. The molecule has 0 unspecified atom stereocenters. The lowest BCUT2D eigenvalue weighted by atomic mass is 9.92. The van der Waals surface area contributed by atoms with E-state index in [-0.39, 0.29) is 0 Å².